The zero-order valence-corrected chi connectivity index (χ0v) is 19.4. The van der Waals surface area contributed by atoms with Gasteiger partial charge in [0.1, 0.15) is 0 Å². The van der Waals surface area contributed by atoms with Crippen LogP contribution in [0.2, 0.25) is 0 Å². The Balaban J connectivity index is 0.000000401. The smallest absolute Gasteiger partial charge is 0.414 e. The predicted octanol–water partition coefficient (Wildman–Crippen LogP) is 0.655. The molecule has 0 radical (unpaired) electrons. The largest absolute Gasteiger partial charge is 0.473 e. The van der Waals surface area contributed by atoms with Gasteiger partial charge in [0.15, 0.2) is 9.84 Å². The van der Waals surface area contributed by atoms with Gasteiger partial charge in [-0.2, -0.15) is 0 Å². The van der Waals surface area contributed by atoms with E-state index in [1.165, 1.54) is 36.9 Å². The second-order valence-corrected chi connectivity index (χ2v) is 10.00. The number of anilines is 1. The molecule has 0 bridgehead atoms. The molecule has 2 fully saturated rings. The van der Waals surface area contributed by atoms with Crippen LogP contribution in [-0.2, 0) is 35.6 Å². The van der Waals surface area contributed by atoms with Crippen molar-refractivity contribution in [2.45, 2.75) is 44.7 Å². The zero-order valence-electron chi connectivity index (χ0n) is 18.6. The molecular formula is C21H30N2O10S. The molecule has 12 nitrogen and oxygen atoms in total. The standard InChI is InChI=1S/C17H26N2O2S.2C2H2O4/c20-22(21)12-9-16(14-22)18-13-15-5-7-17(8-6-15)19-10-3-1-2-4-11-19;2*3-1(4)2(5)6/h5-8,16,18H,1-4,9-14H2;2*(H,3,4)(H,5,6). The van der Waals surface area contributed by atoms with E-state index in [4.69, 9.17) is 39.6 Å². The number of benzene rings is 1. The van der Waals surface area contributed by atoms with Gasteiger partial charge in [0.25, 0.3) is 0 Å². The number of carboxylic acid groups (broad SMARTS) is 4. The number of hydrogen-bond donors (Lipinski definition) is 5. The Hall–Kier alpha value is -3.19. The first-order valence-corrected chi connectivity index (χ1v) is 12.4. The predicted molar refractivity (Wildman–Crippen MR) is 122 cm³/mol. The average molecular weight is 503 g/mol. The molecule has 0 aromatic heterocycles. The van der Waals surface area contributed by atoms with Gasteiger partial charge in [0.2, 0.25) is 0 Å². The number of aliphatic carboxylic acids is 4. The highest BCUT2D eigenvalue weighted by molar-refractivity contribution is 7.91. The second kappa shape index (κ2) is 14.2. The summed E-state index contributed by atoms with van der Waals surface area (Å²) in [6.45, 7) is 3.08. The summed E-state index contributed by atoms with van der Waals surface area (Å²) in [7, 11) is -2.79. The lowest BCUT2D eigenvalue weighted by molar-refractivity contribution is -0.159. The van der Waals surface area contributed by atoms with E-state index in [0.717, 1.165) is 26.1 Å². The van der Waals surface area contributed by atoms with Crippen molar-refractivity contribution in [2.24, 2.45) is 0 Å². The number of nitrogens with one attached hydrogen (secondary N) is 1. The first kappa shape index (κ1) is 28.8. The molecule has 0 spiro atoms. The van der Waals surface area contributed by atoms with Gasteiger partial charge in [0, 0.05) is 31.4 Å². The minimum absolute atomic E-state index is 0.121. The summed E-state index contributed by atoms with van der Waals surface area (Å²) in [5.41, 5.74) is 2.54. The molecule has 2 heterocycles. The maximum atomic E-state index is 11.5. The summed E-state index contributed by atoms with van der Waals surface area (Å²) in [5.74, 6) is -6.67. The number of sulfone groups is 1. The van der Waals surface area contributed by atoms with Crippen LogP contribution in [0, 0.1) is 0 Å². The molecule has 1 atom stereocenters. The highest BCUT2D eigenvalue weighted by Crippen LogP contribution is 2.20. The molecule has 0 aliphatic carbocycles. The van der Waals surface area contributed by atoms with Crippen LogP contribution in [0.1, 0.15) is 37.7 Å². The van der Waals surface area contributed by atoms with Crippen molar-refractivity contribution in [3.63, 3.8) is 0 Å². The van der Waals surface area contributed by atoms with Crippen molar-refractivity contribution in [1.29, 1.82) is 0 Å². The fourth-order valence-corrected chi connectivity index (χ4v) is 5.08. The summed E-state index contributed by atoms with van der Waals surface area (Å²) >= 11 is 0. The third kappa shape index (κ3) is 11.6. The lowest BCUT2D eigenvalue weighted by Crippen LogP contribution is -2.29. The highest BCUT2D eigenvalue weighted by atomic mass is 32.2. The summed E-state index contributed by atoms with van der Waals surface area (Å²) in [6.07, 6.45) is 6.03. The summed E-state index contributed by atoms with van der Waals surface area (Å²) in [6, 6.07) is 8.85. The van der Waals surface area contributed by atoms with E-state index in [0.29, 0.717) is 11.5 Å². The van der Waals surface area contributed by atoms with Gasteiger partial charge in [-0.1, -0.05) is 25.0 Å². The van der Waals surface area contributed by atoms with Gasteiger partial charge in [-0.05, 0) is 37.0 Å². The maximum absolute atomic E-state index is 11.5. The fraction of sp³-hybridized carbons (Fsp3) is 0.524. The Morgan fingerprint density at radius 1 is 0.824 bits per heavy atom. The van der Waals surface area contributed by atoms with Gasteiger partial charge >= 0.3 is 23.9 Å². The van der Waals surface area contributed by atoms with E-state index in [-0.39, 0.29) is 6.04 Å². The first-order chi connectivity index (χ1) is 15.9. The van der Waals surface area contributed by atoms with E-state index in [2.05, 4.69) is 34.5 Å². The Morgan fingerprint density at radius 2 is 1.29 bits per heavy atom. The van der Waals surface area contributed by atoms with Crippen LogP contribution in [-0.4, -0.2) is 83.4 Å². The summed E-state index contributed by atoms with van der Waals surface area (Å²) in [5, 5.41) is 32.9. The monoisotopic (exact) mass is 502 g/mol. The zero-order chi connectivity index (χ0) is 25.7. The van der Waals surface area contributed by atoms with E-state index in [1.807, 2.05) is 0 Å². The van der Waals surface area contributed by atoms with Gasteiger partial charge < -0.3 is 30.6 Å². The lowest BCUT2D eigenvalue weighted by atomic mass is 10.1. The van der Waals surface area contributed by atoms with Crippen LogP contribution >= 0.6 is 0 Å². The first-order valence-electron chi connectivity index (χ1n) is 10.6. The van der Waals surface area contributed by atoms with Crippen LogP contribution in [0.25, 0.3) is 0 Å². The molecule has 1 aromatic rings. The summed E-state index contributed by atoms with van der Waals surface area (Å²) in [4.78, 5) is 38.9. The van der Waals surface area contributed by atoms with Gasteiger partial charge in [0.05, 0.1) is 11.5 Å². The molecule has 5 N–H and O–H groups in total. The van der Waals surface area contributed by atoms with E-state index in [9.17, 15) is 8.42 Å². The Bertz CT molecular complexity index is 891. The minimum atomic E-state index is -2.79. The maximum Gasteiger partial charge on any atom is 0.414 e. The highest BCUT2D eigenvalue weighted by Gasteiger charge is 2.27. The van der Waals surface area contributed by atoms with E-state index < -0.39 is 33.7 Å². The Kier molecular flexibility index (Phi) is 12.0. The topological polar surface area (TPSA) is 199 Å². The molecule has 13 heteroatoms. The van der Waals surface area contributed by atoms with Crippen LogP contribution < -0.4 is 10.2 Å². The Labute approximate surface area is 197 Å². The molecule has 2 saturated heterocycles. The molecular weight excluding hydrogens is 472 g/mol. The molecule has 0 saturated carbocycles. The summed E-state index contributed by atoms with van der Waals surface area (Å²) < 4.78 is 22.9. The van der Waals surface area contributed by atoms with Gasteiger partial charge in [-0.25, -0.2) is 27.6 Å². The molecule has 2 aliphatic rings. The van der Waals surface area contributed by atoms with Gasteiger partial charge in [-0.3, -0.25) is 0 Å². The SMILES string of the molecule is O=C(O)C(=O)O.O=C(O)C(=O)O.O=S1(=O)CCC(NCc2ccc(N3CCCCCC3)cc2)C1. The van der Waals surface area contributed by atoms with Crippen molar-refractivity contribution in [2.75, 3.05) is 29.5 Å². The van der Waals surface area contributed by atoms with E-state index >= 15 is 0 Å². The van der Waals surface area contributed by atoms with Crippen molar-refractivity contribution in [3.8, 4) is 0 Å². The lowest BCUT2D eigenvalue weighted by Gasteiger charge is -2.23. The van der Waals surface area contributed by atoms with Crippen LogP contribution in [0.15, 0.2) is 24.3 Å². The number of hydrogen-bond acceptors (Lipinski definition) is 8. The van der Waals surface area contributed by atoms with E-state index in [1.54, 1.807) is 0 Å². The number of carbonyl (C=O) groups is 4. The number of nitrogens with zero attached hydrogens (tertiary/aromatic N) is 1. The molecule has 2 aliphatic heterocycles. The number of rotatable bonds is 4. The van der Waals surface area contributed by atoms with Crippen molar-refractivity contribution >= 4 is 39.4 Å². The normalized spacial score (nSPS) is 18.8. The van der Waals surface area contributed by atoms with Crippen LogP contribution in [0.4, 0.5) is 5.69 Å². The molecule has 3 rings (SSSR count). The molecule has 1 aromatic carbocycles. The molecule has 1 unspecified atom stereocenters. The van der Waals surface area contributed by atoms with Crippen molar-refractivity contribution < 1.29 is 48.0 Å². The van der Waals surface area contributed by atoms with Crippen LogP contribution in [0.5, 0.6) is 0 Å². The molecule has 34 heavy (non-hydrogen) atoms. The van der Waals surface area contributed by atoms with Crippen molar-refractivity contribution in [1.82, 2.24) is 5.32 Å². The molecule has 0 amide bonds. The Morgan fingerprint density at radius 3 is 1.68 bits per heavy atom. The third-order valence-corrected chi connectivity index (χ3v) is 6.87. The molecule has 190 valence electrons. The van der Waals surface area contributed by atoms with Gasteiger partial charge in [-0.15, -0.1) is 0 Å². The number of carboxylic acids is 4. The fourth-order valence-electron chi connectivity index (χ4n) is 3.37. The third-order valence-electron chi connectivity index (χ3n) is 5.10. The average Bonchev–Trinajstić information content (AvgIpc) is 2.95. The minimum Gasteiger partial charge on any atom is -0.473 e. The quantitative estimate of drug-likeness (QED) is 0.361. The van der Waals surface area contributed by atoms with Crippen molar-refractivity contribution in [3.05, 3.63) is 29.8 Å². The van der Waals surface area contributed by atoms with Crippen LogP contribution in [0.3, 0.4) is 0 Å². The second-order valence-electron chi connectivity index (χ2n) is 7.77.